The molecule has 1 aromatic rings. The second-order valence-corrected chi connectivity index (χ2v) is 4.49. The van der Waals surface area contributed by atoms with Crippen molar-refractivity contribution in [2.45, 2.75) is 19.0 Å². The van der Waals surface area contributed by atoms with E-state index in [9.17, 15) is 9.50 Å². The first kappa shape index (κ1) is 12.5. The molecule has 1 unspecified atom stereocenters. The number of aliphatic hydroxyl groups is 1. The third-order valence-corrected chi connectivity index (χ3v) is 3.20. The number of hydrogen-bond acceptors (Lipinski definition) is 3. The molecule has 1 atom stereocenters. The molecule has 1 aliphatic heterocycles. The number of aliphatic hydroxyl groups excluding tert-OH is 1. The van der Waals surface area contributed by atoms with Crippen molar-refractivity contribution in [1.82, 2.24) is 10.2 Å². The molecule has 17 heavy (non-hydrogen) atoms. The van der Waals surface area contributed by atoms with Crippen LogP contribution in [0.25, 0.3) is 0 Å². The van der Waals surface area contributed by atoms with Gasteiger partial charge in [0.05, 0.1) is 6.61 Å². The van der Waals surface area contributed by atoms with E-state index in [0.29, 0.717) is 0 Å². The van der Waals surface area contributed by atoms with Crippen molar-refractivity contribution in [1.29, 1.82) is 0 Å². The van der Waals surface area contributed by atoms with Gasteiger partial charge in [0, 0.05) is 25.7 Å². The molecule has 1 aromatic carbocycles. The van der Waals surface area contributed by atoms with Gasteiger partial charge in [0.25, 0.3) is 0 Å². The zero-order valence-corrected chi connectivity index (χ0v) is 9.90. The summed E-state index contributed by atoms with van der Waals surface area (Å²) < 4.78 is 12.8. The van der Waals surface area contributed by atoms with Crippen molar-refractivity contribution in [3.8, 4) is 0 Å². The predicted molar refractivity (Wildman–Crippen MR) is 65.2 cm³/mol. The average molecular weight is 238 g/mol. The summed E-state index contributed by atoms with van der Waals surface area (Å²) >= 11 is 0. The molecule has 4 heteroatoms. The molecule has 0 aromatic heterocycles. The monoisotopic (exact) mass is 238 g/mol. The first-order valence-corrected chi connectivity index (χ1v) is 6.09. The van der Waals surface area contributed by atoms with E-state index in [0.717, 1.165) is 38.2 Å². The third kappa shape index (κ3) is 3.49. The zero-order valence-electron chi connectivity index (χ0n) is 9.90. The molecular weight excluding hydrogens is 219 g/mol. The highest BCUT2D eigenvalue weighted by Crippen LogP contribution is 2.11. The van der Waals surface area contributed by atoms with Crippen molar-refractivity contribution >= 4 is 0 Å². The number of nitrogens with one attached hydrogen (secondary N) is 1. The lowest BCUT2D eigenvalue weighted by molar-refractivity contribution is 0.126. The van der Waals surface area contributed by atoms with Crippen molar-refractivity contribution in [2.75, 3.05) is 26.2 Å². The lowest BCUT2D eigenvalue weighted by Crippen LogP contribution is -2.41. The van der Waals surface area contributed by atoms with Crippen molar-refractivity contribution in [3.05, 3.63) is 35.6 Å². The molecule has 1 saturated heterocycles. The van der Waals surface area contributed by atoms with Crippen LogP contribution in [0.2, 0.25) is 0 Å². The van der Waals surface area contributed by atoms with Gasteiger partial charge in [0.15, 0.2) is 0 Å². The molecular formula is C13H19FN2O. The topological polar surface area (TPSA) is 35.5 Å². The maximum absolute atomic E-state index is 12.8. The van der Waals surface area contributed by atoms with Crippen LogP contribution < -0.4 is 5.32 Å². The Kier molecular flexibility index (Phi) is 4.48. The summed E-state index contributed by atoms with van der Waals surface area (Å²) in [4.78, 5) is 2.26. The lowest BCUT2D eigenvalue weighted by atomic mass is 10.1. The van der Waals surface area contributed by atoms with E-state index >= 15 is 0 Å². The minimum Gasteiger partial charge on any atom is -0.395 e. The molecule has 0 aliphatic carbocycles. The minimum atomic E-state index is -0.204. The minimum absolute atomic E-state index is 0.155. The Hall–Kier alpha value is -0.970. The summed E-state index contributed by atoms with van der Waals surface area (Å²) in [6.07, 6.45) is 1.08. The average Bonchev–Trinajstić information content (AvgIpc) is 2.57. The van der Waals surface area contributed by atoms with Crippen LogP contribution in [-0.2, 0) is 6.54 Å². The molecule has 94 valence electrons. The fourth-order valence-electron chi connectivity index (χ4n) is 2.20. The van der Waals surface area contributed by atoms with Gasteiger partial charge < -0.3 is 10.4 Å². The molecule has 0 amide bonds. The van der Waals surface area contributed by atoms with Gasteiger partial charge in [-0.05, 0) is 30.7 Å². The summed E-state index contributed by atoms with van der Waals surface area (Å²) in [6.45, 7) is 3.71. The fourth-order valence-corrected chi connectivity index (χ4v) is 2.20. The summed E-state index contributed by atoms with van der Waals surface area (Å²) in [5.41, 5.74) is 1.09. The van der Waals surface area contributed by atoms with E-state index in [1.54, 1.807) is 0 Å². The summed E-state index contributed by atoms with van der Waals surface area (Å²) in [6, 6.07) is 6.74. The third-order valence-electron chi connectivity index (χ3n) is 3.20. The normalized spacial score (nSPS) is 22.4. The maximum Gasteiger partial charge on any atom is 0.123 e. The van der Waals surface area contributed by atoms with E-state index in [4.69, 9.17) is 0 Å². The van der Waals surface area contributed by atoms with E-state index in [1.807, 2.05) is 12.1 Å². The Bertz CT molecular complexity index is 342. The smallest absolute Gasteiger partial charge is 0.123 e. The van der Waals surface area contributed by atoms with Gasteiger partial charge in [-0.3, -0.25) is 4.90 Å². The molecule has 2 rings (SSSR count). The molecule has 0 saturated carbocycles. The Morgan fingerprint density at radius 3 is 2.82 bits per heavy atom. The van der Waals surface area contributed by atoms with E-state index in [2.05, 4.69) is 10.2 Å². The highest BCUT2D eigenvalue weighted by Gasteiger charge is 2.19. The molecule has 1 heterocycles. The van der Waals surface area contributed by atoms with Gasteiger partial charge >= 0.3 is 0 Å². The van der Waals surface area contributed by atoms with Crippen LogP contribution in [0.15, 0.2) is 24.3 Å². The molecule has 1 aliphatic rings. The fraction of sp³-hybridized carbons (Fsp3) is 0.538. The van der Waals surface area contributed by atoms with Crippen LogP contribution in [0, 0.1) is 5.82 Å². The van der Waals surface area contributed by atoms with Crippen LogP contribution in [0.3, 0.4) is 0 Å². The van der Waals surface area contributed by atoms with E-state index in [-0.39, 0.29) is 18.5 Å². The SMILES string of the molecule is OCC1CNCCCN1Cc1ccc(F)cc1. The van der Waals surface area contributed by atoms with Crippen LogP contribution in [0.4, 0.5) is 4.39 Å². The maximum atomic E-state index is 12.8. The summed E-state index contributed by atoms with van der Waals surface area (Å²) in [7, 11) is 0. The van der Waals surface area contributed by atoms with Crippen molar-refractivity contribution < 1.29 is 9.50 Å². The van der Waals surface area contributed by atoms with E-state index < -0.39 is 0 Å². The standard InChI is InChI=1S/C13H19FN2O/c14-12-4-2-11(3-5-12)9-16-7-1-6-15-8-13(16)10-17/h2-5,13,15,17H,1,6-10H2. The van der Waals surface area contributed by atoms with Crippen molar-refractivity contribution in [2.24, 2.45) is 0 Å². The second-order valence-electron chi connectivity index (χ2n) is 4.49. The van der Waals surface area contributed by atoms with Crippen molar-refractivity contribution in [3.63, 3.8) is 0 Å². The van der Waals surface area contributed by atoms with Crippen LogP contribution in [-0.4, -0.2) is 42.3 Å². The first-order valence-electron chi connectivity index (χ1n) is 6.09. The highest BCUT2D eigenvalue weighted by atomic mass is 19.1. The quantitative estimate of drug-likeness (QED) is 0.824. The Balaban J connectivity index is 2.01. The Morgan fingerprint density at radius 2 is 2.12 bits per heavy atom. The number of nitrogens with zero attached hydrogens (tertiary/aromatic N) is 1. The second kappa shape index (κ2) is 6.10. The van der Waals surface area contributed by atoms with Crippen LogP contribution >= 0.6 is 0 Å². The van der Waals surface area contributed by atoms with E-state index in [1.165, 1.54) is 12.1 Å². The van der Waals surface area contributed by atoms with Crippen LogP contribution in [0.1, 0.15) is 12.0 Å². The molecule has 3 nitrogen and oxygen atoms in total. The first-order chi connectivity index (χ1) is 8.29. The summed E-state index contributed by atoms with van der Waals surface area (Å²) in [5.74, 6) is -0.204. The zero-order chi connectivity index (χ0) is 12.1. The largest absolute Gasteiger partial charge is 0.395 e. The Labute approximate surface area is 101 Å². The molecule has 2 N–H and O–H groups in total. The van der Waals surface area contributed by atoms with Crippen LogP contribution in [0.5, 0.6) is 0 Å². The number of hydrogen-bond donors (Lipinski definition) is 2. The Morgan fingerprint density at radius 1 is 1.35 bits per heavy atom. The number of benzene rings is 1. The summed E-state index contributed by atoms with van der Waals surface area (Å²) in [5, 5.41) is 12.7. The predicted octanol–water partition coefficient (Wildman–Crippen LogP) is 0.982. The number of rotatable bonds is 3. The highest BCUT2D eigenvalue weighted by molar-refractivity contribution is 5.16. The van der Waals surface area contributed by atoms with Gasteiger partial charge in [-0.1, -0.05) is 12.1 Å². The van der Waals surface area contributed by atoms with Gasteiger partial charge in [0.2, 0.25) is 0 Å². The molecule has 1 fully saturated rings. The number of halogens is 1. The molecule has 0 spiro atoms. The van der Waals surface area contributed by atoms with Gasteiger partial charge in [-0.15, -0.1) is 0 Å². The van der Waals surface area contributed by atoms with Gasteiger partial charge in [0.1, 0.15) is 5.82 Å². The van der Waals surface area contributed by atoms with Gasteiger partial charge in [-0.25, -0.2) is 4.39 Å². The molecule has 0 bridgehead atoms. The van der Waals surface area contributed by atoms with Gasteiger partial charge in [-0.2, -0.15) is 0 Å². The molecule has 0 radical (unpaired) electrons. The lowest BCUT2D eigenvalue weighted by Gasteiger charge is -2.28.